The van der Waals surface area contributed by atoms with E-state index in [-0.39, 0.29) is 0 Å². The van der Waals surface area contributed by atoms with Crippen molar-refractivity contribution in [3.8, 4) is 5.75 Å². The van der Waals surface area contributed by atoms with Crippen LogP contribution in [0.1, 0.15) is 18.0 Å². The van der Waals surface area contributed by atoms with Gasteiger partial charge in [0, 0.05) is 24.4 Å². The molecule has 90 valence electrons. The minimum absolute atomic E-state index is 0.341. The molecule has 2 rings (SSSR count). The van der Waals surface area contributed by atoms with Crippen molar-refractivity contribution in [1.29, 1.82) is 0 Å². The molecule has 3 nitrogen and oxygen atoms in total. The summed E-state index contributed by atoms with van der Waals surface area (Å²) in [6.45, 7) is 1.32. The van der Waals surface area contributed by atoms with Crippen molar-refractivity contribution >= 4 is 0 Å². The molecule has 1 aromatic heterocycles. The molecule has 1 atom stereocenters. The smallest absolute Gasteiger partial charge is 0.119 e. The summed E-state index contributed by atoms with van der Waals surface area (Å²) in [6, 6.07) is 13.9. The van der Waals surface area contributed by atoms with Crippen molar-refractivity contribution in [3.63, 3.8) is 0 Å². The summed E-state index contributed by atoms with van der Waals surface area (Å²) >= 11 is 0. The molecule has 3 heteroatoms. The maximum atomic E-state index is 5.77. The number of para-hydroxylation sites is 1. The number of aromatic amines is 1. The predicted molar refractivity (Wildman–Crippen MR) is 69.1 cm³/mol. The van der Waals surface area contributed by atoms with Gasteiger partial charge in [0.15, 0.2) is 0 Å². The molecule has 0 bridgehead atoms. The summed E-state index contributed by atoms with van der Waals surface area (Å²) in [4.78, 5) is 3.20. The molecule has 0 fully saturated rings. The number of H-pyrrole nitrogens is 1. The Morgan fingerprint density at radius 2 is 1.94 bits per heavy atom. The first kappa shape index (κ1) is 11.7. The number of aromatic nitrogens is 1. The van der Waals surface area contributed by atoms with Gasteiger partial charge in [-0.1, -0.05) is 18.2 Å². The lowest BCUT2D eigenvalue weighted by atomic mass is 10.0. The van der Waals surface area contributed by atoms with E-state index in [2.05, 4.69) is 11.1 Å². The standard InChI is InChI=1S/C14H18N2O/c15-11-12(14-7-4-9-16-14)8-10-17-13-5-2-1-3-6-13/h1-7,9,12,16H,8,10-11,15H2. The van der Waals surface area contributed by atoms with E-state index in [0.717, 1.165) is 12.2 Å². The van der Waals surface area contributed by atoms with E-state index in [4.69, 9.17) is 10.5 Å². The summed E-state index contributed by atoms with van der Waals surface area (Å²) in [5.41, 5.74) is 6.95. The second kappa shape index (κ2) is 6.11. The molecule has 1 unspecified atom stereocenters. The number of hydrogen-bond donors (Lipinski definition) is 2. The number of benzene rings is 1. The van der Waals surface area contributed by atoms with Gasteiger partial charge in [-0.05, 0) is 30.7 Å². The van der Waals surface area contributed by atoms with E-state index in [1.165, 1.54) is 5.69 Å². The molecule has 0 radical (unpaired) electrons. The lowest BCUT2D eigenvalue weighted by Crippen LogP contribution is -2.15. The SMILES string of the molecule is NCC(CCOc1ccccc1)c1ccc[nH]1. The van der Waals surface area contributed by atoms with Gasteiger partial charge in [0.2, 0.25) is 0 Å². The van der Waals surface area contributed by atoms with Crippen LogP contribution in [0, 0.1) is 0 Å². The van der Waals surface area contributed by atoms with E-state index in [0.29, 0.717) is 19.1 Å². The first-order valence-electron chi connectivity index (χ1n) is 5.91. The fourth-order valence-corrected chi connectivity index (χ4v) is 1.83. The van der Waals surface area contributed by atoms with Crippen LogP contribution in [-0.4, -0.2) is 18.1 Å². The van der Waals surface area contributed by atoms with Crippen molar-refractivity contribution < 1.29 is 4.74 Å². The first-order chi connectivity index (χ1) is 8.40. The number of hydrogen-bond acceptors (Lipinski definition) is 2. The highest BCUT2D eigenvalue weighted by Gasteiger charge is 2.10. The zero-order chi connectivity index (χ0) is 11.9. The molecule has 0 amide bonds. The zero-order valence-corrected chi connectivity index (χ0v) is 9.80. The van der Waals surface area contributed by atoms with Crippen LogP contribution in [0.15, 0.2) is 48.7 Å². The molecule has 0 aliphatic rings. The average Bonchev–Trinajstić information content (AvgIpc) is 2.90. The van der Waals surface area contributed by atoms with Crippen molar-refractivity contribution in [3.05, 3.63) is 54.4 Å². The molecule has 17 heavy (non-hydrogen) atoms. The highest BCUT2D eigenvalue weighted by atomic mass is 16.5. The van der Waals surface area contributed by atoms with Crippen LogP contribution in [0.5, 0.6) is 5.75 Å². The van der Waals surface area contributed by atoms with Gasteiger partial charge in [0.25, 0.3) is 0 Å². The molecule has 2 aromatic rings. The van der Waals surface area contributed by atoms with Crippen LogP contribution in [0.4, 0.5) is 0 Å². The maximum absolute atomic E-state index is 5.77. The zero-order valence-electron chi connectivity index (χ0n) is 9.80. The van der Waals surface area contributed by atoms with Crippen LogP contribution in [0.25, 0.3) is 0 Å². The number of nitrogens with one attached hydrogen (secondary N) is 1. The lowest BCUT2D eigenvalue weighted by molar-refractivity contribution is 0.297. The van der Waals surface area contributed by atoms with E-state index in [1.807, 2.05) is 42.6 Å². The predicted octanol–water partition coefficient (Wildman–Crippen LogP) is 2.53. The Kier molecular flexibility index (Phi) is 4.22. The second-order valence-electron chi connectivity index (χ2n) is 4.01. The van der Waals surface area contributed by atoms with Crippen molar-refractivity contribution in [1.82, 2.24) is 4.98 Å². The summed E-state index contributed by atoms with van der Waals surface area (Å²) in [7, 11) is 0. The van der Waals surface area contributed by atoms with E-state index in [9.17, 15) is 0 Å². The van der Waals surface area contributed by atoms with E-state index < -0.39 is 0 Å². The van der Waals surface area contributed by atoms with Crippen LogP contribution >= 0.6 is 0 Å². The Morgan fingerprint density at radius 3 is 2.59 bits per heavy atom. The van der Waals surface area contributed by atoms with Gasteiger partial charge in [-0.3, -0.25) is 0 Å². The van der Waals surface area contributed by atoms with Gasteiger partial charge >= 0.3 is 0 Å². The summed E-state index contributed by atoms with van der Waals surface area (Å²) in [5.74, 6) is 1.25. The third-order valence-corrected chi connectivity index (χ3v) is 2.82. The fraction of sp³-hybridized carbons (Fsp3) is 0.286. The van der Waals surface area contributed by atoms with Gasteiger partial charge in [-0.15, -0.1) is 0 Å². The highest BCUT2D eigenvalue weighted by molar-refractivity contribution is 5.21. The number of nitrogens with two attached hydrogens (primary N) is 1. The van der Waals surface area contributed by atoms with Gasteiger partial charge in [0.05, 0.1) is 6.61 Å². The van der Waals surface area contributed by atoms with Crippen LogP contribution in [0.3, 0.4) is 0 Å². The lowest BCUT2D eigenvalue weighted by Gasteiger charge is -2.13. The Labute approximate surface area is 102 Å². The maximum Gasteiger partial charge on any atom is 0.119 e. The van der Waals surface area contributed by atoms with E-state index in [1.54, 1.807) is 0 Å². The average molecular weight is 230 g/mol. The summed E-state index contributed by atoms with van der Waals surface area (Å²) < 4.78 is 5.67. The Morgan fingerprint density at radius 1 is 1.12 bits per heavy atom. The first-order valence-corrected chi connectivity index (χ1v) is 5.91. The molecule has 1 heterocycles. The van der Waals surface area contributed by atoms with Crippen LogP contribution in [-0.2, 0) is 0 Å². The Hall–Kier alpha value is -1.74. The topological polar surface area (TPSA) is 51.0 Å². The van der Waals surface area contributed by atoms with Gasteiger partial charge < -0.3 is 15.5 Å². The summed E-state index contributed by atoms with van der Waals surface area (Å²) in [6.07, 6.45) is 2.85. The third kappa shape index (κ3) is 3.36. The molecule has 0 saturated carbocycles. The Bertz CT molecular complexity index is 411. The third-order valence-electron chi connectivity index (χ3n) is 2.82. The Balaban J connectivity index is 1.81. The molecule has 0 aliphatic carbocycles. The molecule has 0 spiro atoms. The monoisotopic (exact) mass is 230 g/mol. The minimum atomic E-state index is 0.341. The normalized spacial score (nSPS) is 12.3. The number of ether oxygens (including phenoxy) is 1. The molecule has 0 saturated heterocycles. The molecular weight excluding hydrogens is 212 g/mol. The molecular formula is C14H18N2O. The minimum Gasteiger partial charge on any atom is -0.494 e. The quantitative estimate of drug-likeness (QED) is 0.801. The second-order valence-corrected chi connectivity index (χ2v) is 4.01. The van der Waals surface area contributed by atoms with E-state index >= 15 is 0 Å². The molecule has 0 aliphatic heterocycles. The van der Waals surface area contributed by atoms with Gasteiger partial charge in [0.1, 0.15) is 5.75 Å². The number of rotatable bonds is 6. The van der Waals surface area contributed by atoms with Gasteiger partial charge in [-0.2, -0.15) is 0 Å². The fourth-order valence-electron chi connectivity index (χ4n) is 1.83. The van der Waals surface area contributed by atoms with Crippen molar-refractivity contribution in [2.75, 3.05) is 13.2 Å². The van der Waals surface area contributed by atoms with Gasteiger partial charge in [-0.25, -0.2) is 0 Å². The summed E-state index contributed by atoms with van der Waals surface area (Å²) in [5, 5.41) is 0. The van der Waals surface area contributed by atoms with Crippen molar-refractivity contribution in [2.45, 2.75) is 12.3 Å². The largest absolute Gasteiger partial charge is 0.494 e. The van der Waals surface area contributed by atoms with Crippen LogP contribution in [0.2, 0.25) is 0 Å². The molecule has 1 aromatic carbocycles. The van der Waals surface area contributed by atoms with Crippen LogP contribution < -0.4 is 10.5 Å². The highest BCUT2D eigenvalue weighted by Crippen LogP contribution is 2.17. The van der Waals surface area contributed by atoms with Crippen molar-refractivity contribution in [2.24, 2.45) is 5.73 Å². The molecule has 3 N–H and O–H groups in total.